The van der Waals surface area contributed by atoms with Gasteiger partial charge in [-0.1, -0.05) is 45.7 Å². The van der Waals surface area contributed by atoms with Crippen molar-refractivity contribution >= 4 is 31.9 Å². The second kappa shape index (κ2) is 5.89. The van der Waals surface area contributed by atoms with Gasteiger partial charge in [0, 0.05) is 15.0 Å². The molecule has 1 nitrogen and oxygen atoms in total. The summed E-state index contributed by atoms with van der Waals surface area (Å²) in [5.74, 6) is 0. The van der Waals surface area contributed by atoms with Crippen LogP contribution in [0.5, 0.6) is 0 Å². The molecule has 0 aliphatic heterocycles. The number of hydrogen-bond donors (Lipinski definition) is 1. The molecule has 3 heteroatoms. The minimum absolute atomic E-state index is 0.453. The van der Waals surface area contributed by atoms with Gasteiger partial charge in [0.05, 0.1) is 0 Å². The molecule has 1 aromatic carbocycles. The second-order valence-electron chi connectivity index (χ2n) is 3.22. The summed E-state index contributed by atoms with van der Waals surface area (Å²) in [7, 11) is 0. The average Bonchev–Trinajstić information content (AvgIpc) is 2.12. The maximum absolute atomic E-state index is 3.50. The summed E-state index contributed by atoms with van der Waals surface area (Å²) in [6, 6.07) is 6.85. The largest absolute Gasteiger partial charge is 0.310 e. The van der Waals surface area contributed by atoms with E-state index in [1.807, 2.05) is 0 Å². The Morgan fingerprint density at radius 2 is 1.71 bits per heavy atom. The summed E-state index contributed by atoms with van der Waals surface area (Å²) in [6.45, 7) is 5.33. The smallest absolute Gasteiger partial charge is 0.0318 e. The monoisotopic (exact) mass is 319 g/mol. The van der Waals surface area contributed by atoms with Gasteiger partial charge in [-0.05, 0) is 36.7 Å². The van der Waals surface area contributed by atoms with Crippen LogP contribution in [0.2, 0.25) is 0 Å². The molecular formula is C11H15Br2N. The lowest BCUT2D eigenvalue weighted by molar-refractivity contribution is 0.537. The molecule has 0 fully saturated rings. The Bertz CT molecular complexity index is 279. The van der Waals surface area contributed by atoms with Crippen LogP contribution >= 0.6 is 31.9 Å². The highest BCUT2D eigenvalue weighted by Gasteiger charge is 2.08. The van der Waals surface area contributed by atoms with Gasteiger partial charge in [-0.15, -0.1) is 0 Å². The first-order valence-corrected chi connectivity index (χ1v) is 6.45. The third-order valence-corrected chi connectivity index (χ3v) is 3.06. The Labute approximate surface area is 103 Å². The first kappa shape index (κ1) is 12.2. The van der Waals surface area contributed by atoms with Crippen molar-refractivity contribution in [3.05, 3.63) is 32.7 Å². The highest BCUT2D eigenvalue weighted by atomic mass is 79.9. The fourth-order valence-corrected chi connectivity index (χ4v) is 2.85. The van der Waals surface area contributed by atoms with E-state index in [2.05, 4.69) is 69.2 Å². The molecule has 1 unspecified atom stereocenters. The predicted molar refractivity (Wildman–Crippen MR) is 68.6 cm³/mol. The molecule has 0 saturated heterocycles. The molecule has 1 N–H and O–H groups in total. The van der Waals surface area contributed by atoms with Crippen LogP contribution in [0.25, 0.3) is 0 Å². The summed E-state index contributed by atoms with van der Waals surface area (Å²) in [5, 5.41) is 3.46. The Kier molecular flexibility index (Phi) is 5.13. The van der Waals surface area contributed by atoms with Gasteiger partial charge in [-0.2, -0.15) is 0 Å². The van der Waals surface area contributed by atoms with Crippen molar-refractivity contribution in [3.63, 3.8) is 0 Å². The fourth-order valence-electron chi connectivity index (χ4n) is 1.52. The SMILES string of the molecule is CCNC(CC)c1cc(Br)cc(Br)c1. The summed E-state index contributed by atoms with van der Waals surface area (Å²) in [4.78, 5) is 0. The molecular weight excluding hydrogens is 306 g/mol. The Morgan fingerprint density at radius 3 is 2.14 bits per heavy atom. The molecule has 1 aromatic rings. The molecule has 0 amide bonds. The third kappa shape index (κ3) is 3.37. The molecule has 1 atom stereocenters. The first-order chi connectivity index (χ1) is 6.67. The Balaban J connectivity index is 2.91. The van der Waals surface area contributed by atoms with Crippen molar-refractivity contribution in [1.29, 1.82) is 0 Å². The van der Waals surface area contributed by atoms with Crippen LogP contribution in [-0.2, 0) is 0 Å². The molecule has 1 rings (SSSR count). The minimum atomic E-state index is 0.453. The van der Waals surface area contributed by atoms with Crippen molar-refractivity contribution in [3.8, 4) is 0 Å². The number of nitrogens with one attached hydrogen (secondary N) is 1. The maximum atomic E-state index is 3.50. The number of benzene rings is 1. The van der Waals surface area contributed by atoms with Crippen LogP contribution < -0.4 is 5.32 Å². The number of hydrogen-bond acceptors (Lipinski definition) is 1. The Morgan fingerprint density at radius 1 is 1.14 bits per heavy atom. The van der Waals surface area contributed by atoms with Crippen LogP contribution in [0.15, 0.2) is 27.1 Å². The topological polar surface area (TPSA) is 12.0 Å². The zero-order chi connectivity index (χ0) is 10.6. The van der Waals surface area contributed by atoms with E-state index in [0.29, 0.717) is 6.04 Å². The molecule has 0 saturated carbocycles. The lowest BCUT2D eigenvalue weighted by Crippen LogP contribution is -2.19. The van der Waals surface area contributed by atoms with Gasteiger partial charge < -0.3 is 5.32 Å². The van der Waals surface area contributed by atoms with Gasteiger partial charge >= 0.3 is 0 Å². The van der Waals surface area contributed by atoms with E-state index in [9.17, 15) is 0 Å². The van der Waals surface area contributed by atoms with Gasteiger partial charge in [-0.25, -0.2) is 0 Å². The molecule has 14 heavy (non-hydrogen) atoms. The summed E-state index contributed by atoms with van der Waals surface area (Å²) < 4.78 is 2.25. The molecule has 78 valence electrons. The minimum Gasteiger partial charge on any atom is -0.310 e. The molecule has 0 aromatic heterocycles. The Hall–Kier alpha value is 0.140. The lowest BCUT2D eigenvalue weighted by Gasteiger charge is -2.16. The van der Waals surface area contributed by atoms with Crippen molar-refractivity contribution < 1.29 is 0 Å². The summed E-state index contributed by atoms with van der Waals surface area (Å²) in [6.07, 6.45) is 1.11. The molecule has 0 spiro atoms. The fraction of sp³-hybridized carbons (Fsp3) is 0.455. The highest BCUT2D eigenvalue weighted by Crippen LogP contribution is 2.25. The van der Waals surface area contributed by atoms with Gasteiger partial charge in [-0.3, -0.25) is 0 Å². The quantitative estimate of drug-likeness (QED) is 0.873. The van der Waals surface area contributed by atoms with Crippen LogP contribution in [0.1, 0.15) is 31.9 Å². The molecule has 0 aliphatic carbocycles. The molecule has 0 heterocycles. The third-order valence-electron chi connectivity index (χ3n) is 2.15. The van der Waals surface area contributed by atoms with Crippen LogP contribution in [0.3, 0.4) is 0 Å². The van der Waals surface area contributed by atoms with E-state index < -0.39 is 0 Å². The van der Waals surface area contributed by atoms with E-state index in [-0.39, 0.29) is 0 Å². The second-order valence-corrected chi connectivity index (χ2v) is 5.05. The summed E-state index contributed by atoms with van der Waals surface area (Å²) >= 11 is 7.01. The molecule has 0 aliphatic rings. The van der Waals surface area contributed by atoms with Crippen molar-refractivity contribution in [2.75, 3.05) is 6.54 Å². The van der Waals surface area contributed by atoms with Crippen molar-refractivity contribution in [1.82, 2.24) is 5.32 Å². The highest BCUT2D eigenvalue weighted by molar-refractivity contribution is 9.11. The molecule has 0 bridgehead atoms. The molecule has 0 radical (unpaired) electrons. The van der Waals surface area contributed by atoms with E-state index in [0.717, 1.165) is 21.9 Å². The van der Waals surface area contributed by atoms with E-state index in [1.165, 1.54) is 5.56 Å². The van der Waals surface area contributed by atoms with Crippen molar-refractivity contribution in [2.45, 2.75) is 26.3 Å². The van der Waals surface area contributed by atoms with Gasteiger partial charge in [0.15, 0.2) is 0 Å². The standard InChI is InChI=1S/C11H15Br2N/c1-3-11(14-4-2)8-5-9(12)7-10(13)6-8/h5-7,11,14H,3-4H2,1-2H3. The predicted octanol–water partition coefficient (Wildman–Crippen LogP) is 4.27. The maximum Gasteiger partial charge on any atom is 0.0318 e. The van der Waals surface area contributed by atoms with Gasteiger partial charge in [0.1, 0.15) is 0 Å². The van der Waals surface area contributed by atoms with Gasteiger partial charge in [0.2, 0.25) is 0 Å². The van der Waals surface area contributed by atoms with E-state index in [1.54, 1.807) is 0 Å². The normalized spacial score (nSPS) is 12.9. The number of halogens is 2. The first-order valence-electron chi connectivity index (χ1n) is 4.86. The number of rotatable bonds is 4. The summed E-state index contributed by atoms with van der Waals surface area (Å²) in [5.41, 5.74) is 1.33. The zero-order valence-electron chi connectivity index (χ0n) is 8.48. The van der Waals surface area contributed by atoms with Crippen molar-refractivity contribution in [2.24, 2.45) is 0 Å². The lowest BCUT2D eigenvalue weighted by atomic mass is 10.1. The van der Waals surface area contributed by atoms with Gasteiger partial charge in [0.25, 0.3) is 0 Å². The zero-order valence-corrected chi connectivity index (χ0v) is 11.7. The van der Waals surface area contributed by atoms with Crippen LogP contribution in [0.4, 0.5) is 0 Å². The van der Waals surface area contributed by atoms with Crippen LogP contribution in [-0.4, -0.2) is 6.54 Å². The van der Waals surface area contributed by atoms with E-state index >= 15 is 0 Å². The van der Waals surface area contributed by atoms with E-state index in [4.69, 9.17) is 0 Å². The van der Waals surface area contributed by atoms with Crippen LogP contribution in [0, 0.1) is 0 Å². The average molecular weight is 321 g/mol.